The first-order chi connectivity index (χ1) is 13.4. The summed E-state index contributed by atoms with van der Waals surface area (Å²) >= 11 is 1.68. The molecule has 1 amide bonds. The first-order valence-corrected chi connectivity index (χ1v) is 11.0. The molecule has 1 atom stereocenters. The first kappa shape index (κ1) is 19.6. The average molecular weight is 404 g/mol. The summed E-state index contributed by atoms with van der Waals surface area (Å²) in [6.45, 7) is 9.74. The molecule has 2 aliphatic heterocycles. The van der Waals surface area contributed by atoms with E-state index in [2.05, 4.69) is 10.1 Å². The minimum absolute atomic E-state index is 0.0863. The highest BCUT2D eigenvalue weighted by Gasteiger charge is 2.35. The first-order valence-electron chi connectivity index (χ1n) is 10.1. The number of hydrogen-bond acceptors (Lipinski definition) is 6. The van der Waals surface area contributed by atoms with Crippen molar-refractivity contribution in [3.05, 3.63) is 38.4 Å². The normalized spacial score (nSPS) is 23.1. The molecule has 28 heavy (non-hydrogen) atoms. The largest absolute Gasteiger partial charge is 0.388 e. The van der Waals surface area contributed by atoms with Gasteiger partial charge in [0.05, 0.1) is 16.9 Å². The number of aromatic nitrogens is 1. The molecule has 0 radical (unpaired) electrons. The van der Waals surface area contributed by atoms with Crippen molar-refractivity contribution in [1.82, 2.24) is 15.0 Å². The number of nitrogens with zero attached hydrogens (tertiary/aromatic N) is 3. The summed E-state index contributed by atoms with van der Waals surface area (Å²) in [4.78, 5) is 18.7. The van der Waals surface area contributed by atoms with Crippen LogP contribution in [-0.2, 0) is 19.5 Å². The van der Waals surface area contributed by atoms with E-state index >= 15 is 0 Å². The van der Waals surface area contributed by atoms with Gasteiger partial charge in [-0.25, -0.2) is 0 Å². The topological polar surface area (TPSA) is 69.8 Å². The summed E-state index contributed by atoms with van der Waals surface area (Å²) in [7, 11) is 0. The Balaban J connectivity index is 1.47. The second-order valence-corrected chi connectivity index (χ2v) is 9.19. The number of amides is 1. The van der Waals surface area contributed by atoms with E-state index in [0.29, 0.717) is 13.0 Å². The molecule has 4 rings (SSSR count). The lowest BCUT2D eigenvalue weighted by Gasteiger charge is -2.39. The molecule has 1 fully saturated rings. The summed E-state index contributed by atoms with van der Waals surface area (Å²) in [6, 6.07) is 0. The van der Waals surface area contributed by atoms with Gasteiger partial charge in [-0.1, -0.05) is 12.1 Å². The van der Waals surface area contributed by atoms with Gasteiger partial charge in [0, 0.05) is 48.5 Å². The van der Waals surface area contributed by atoms with Crippen LogP contribution in [0.25, 0.3) is 0 Å². The van der Waals surface area contributed by atoms with Crippen molar-refractivity contribution in [2.75, 3.05) is 19.6 Å². The van der Waals surface area contributed by atoms with Crippen LogP contribution in [-0.4, -0.2) is 51.2 Å². The third-order valence-electron chi connectivity index (χ3n) is 6.32. The van der Waals surface area contributed by atoms with Gasteiger partial charge in [0.2, 0.25) is 0 Å². The maximum Gasteiger partial charge on any atom is 0.255 e. The fraction of sp³-hybridized carbons (Fsp3) is 0.619. The Hall–Kier alpha value is -1.70. The lowest BCUT2D eigenvalue weighted by molar-refractivity contribution is -0.0270. The predicted octanol–water partition coefficient (Wildman–Crippen LogP) is 3.29. The van der Waals surface area contributed by atoms with Crippen LogP contribution in [0.5, 0.6) is 0 Å². The molecule has 2 aliphatic rings. The molecule has 152 valence electrons. The molecule has 2 aromatic rings. The summed E-state index contributed by atoms with van der Waals surface area (Å²) < 4.78 is 5.29. The summed E-state index contributed by atoms with van der Waals surface area (Å²) in [5, 5.41) is 16.7. The van der Waals surface area contributed by atoms with Crippen LogP contribution >= 0.6 is 11.3 Å². The molecule has 0 aromatic carbocycles. The highest BCUT2D eigenvalue weighted by atomic mass is 32.1. The van der Waals surface area contributed by atoms with E-state index in [-0.39, 0.29) is 5.91 Å². The molecule has 1 saturated heterocycles. The Kier molecular flexibility index (Phi) is 5.33. The smallest absolute Gasteiger partial charge is 0.255 e. The van der Waals surface area contributed by atoms with Crippen LogP contribution in [0.3, 0.4) is 0 Å². The fourth-order valence-electron chi connectivity index (χ4n) is 4.39. The standard InChI is InChI=1S/C21H29N3O3S/c1-4-21(26)7-5-8-24(13-21)20(25)18-12-28-19-11-23(9-6-16(18)19)10-17-14(2)22-27-15(17)3/h12,26H,4-11,13H2,1-3H3. The second-order valence-electron chi connectivity index (χ2n) is 8.22. The molecule has 4 heterocycles. The van der Waals surface area contributed by atoms with Crippen molar-refractivity contribution in [2.45, 2.75) is 65.1 Å². The fourth-order valence-corrected chi connectivity index (χ4v) is 5.51. The number of hydrogen-bond donors (Lipinski definition) is 1. The molecule has 6 nitrogen and oxygen atoms in total. The van der Waals surface area contributed by atoms with Gasteiger partial charge in [-0.05, 0) is 45.1 Å². The third-order valence-corrected chi connectivity index (χ3v) is 7.33. The Morgan fingerprint density at radius 3 is 2.93 bits per heavy atom. The summed E-state index contributed by atoms with van der Waals surface area (Å²) in [5.74, 6) is 0.974. The van der Waals surface area contributed by atoms with Crippen molar-refractivity contribution in [2.24, 2.45) is 0 Å². The van der Waals surface area contributed by atoms with Gasteiger partial charge < -0.3 is 14.5 Å². The zero-order chi connectivity index (χ0) is 19.9. The Bertz CT molecular complexity index is 855. The monoisotopic (exact) mass is 403 g/mol. The molecular weight excluding hydrogens is 374 g/mol. The minimum Gasteiger partial charge on any atom is -0.388 e. The van der Waals surface area contributed by atoms with Crippen LogP contribution in [0.15, 0.2) is 9.90 Å². The maximum absolute atomic E-state index is 13.2. The molecule has 0 aliphatic carbocycles. The van der Waals surface area contributed by atoms with Gasteiger partial charge in [-0.15, -0.1) is 11.3 Å². The van der Waals surface area contributed by atoms with Crippen molar-refractivity contribution in [3.63, 3.8) is 0 Å². The molecule has 0 bridgehead atoms. The van der Waals surface area contributed by atoms with Gasteiger partial charge in [-0.3, -0.25) is 9.69 Å². The van der Waals surface area contributed by atoms with Gasteiger partial charge in [-0.2, -0.15) is 0 Å². The lowest BCUT2D eigenvalue weighted by Crippen LogP contribution is -2.50. The number of aryl methyl sites for hydroxylation is 2. The second kappa shape index (κ2) is 7.61. The van der Waals surface area contributed by atoms with Gasteiger partial charge in [0.25, 0.3) is 5.91 Å². The SMILES string of the molecule is CCC1(O)CCCN(C(=O)c2csc3c2CCN(Cc2c(C)noc2C)C3)C1. The Labute approximate surface area is 170 Å². The minimum atomic E-state index is -0.727. The van der Waals surface area contributed by atoms with Crippen molar-refractivity contribution >= 4 is 17.2 Å². The van der Waals surface area contributed by atoms with Crippen LogP contribution in [0.1, 0.15) is 64.0 Å². The van der Waals surface area contributed by atoms with Crippen molar-refractivity contribution in [3.8, 4) is 0 Å². The lowest BCUT2D eigenvalue weighted by atomic mass is 9.90. The summed E-state index contributed by atoms with van der Waals surface area (Å²) in [6.07, 6.45) is 3.23. The maximum atomic E-state index is 13.2. The molecule has 1 N–H and O–H groups in total. The number of likely N-dealkylation sites (tertiary alicyclic amines) is 1. The van der Waals surface area contributed by atoms with Crippen molar-refractivity contribution < 1.29 is 14.4 Å². The number of thiophene rings is 1. The molecule has 0 spiro atoms. The molecular formula is C21H29N3O3S. The Morgan fingerprint density at radius 1 is 1.39 bits per heavy atom. The number of β-amino-alcohol motifs (C(OH)–C–C–N with tert-alkyl or cyclic N) is 1. The highest BCUT2D eigenvalue weighted by Crippen LogP contribution is 2.32. The van der Waals surface area contributed by atoms with Crippen LogP contribution in [0, 0.1) is 13.8 Å². The molecule has 0 saturated carbocycles. The van der Waals surface area contributed by atoms with E-state index in [9.17, 15) is 9.90 Å². The van der Waals surface area contributed by atoms with E-state index in [1.807, 2.05) is 31.1 Å². The van der Waals surface area contributed by atoms with E-state index in [0.717, 1.165) is 62.5 Å². The zero-order valence-corrected chi connectivity index (χ0v) is 17.8. The number of carbonyl (C=O) groups is 1. The molecule has 7 heteroatoms. The van der Waals surface area contributed by atoms with E-state index in [4.69, 9.17) is 4.52 Å². The third kappa shape index (κ3) is 3.63. The van der Waals surface area contributed by atoms with Crippen molar-refractivity contribution in [1.29, 1.82) is 0 Å². The van der Waals surface area contributed by atoms with Gasteiger partial charge in [0.15, 0.2) is 0 Å². The average Bonchev–Trinajstić information content (AvgIpc) is 3.25. The zero-order valence-electron chi connectivity index (χ0n) is 17.0. The number of aliphatic hydroxyl groups is 1. The number of rotatable bonds is 4. The number of fused-ring (bicyclic) bond motifs is 1. The van der Waals surface area contributed by atoms with Crippen LogP contribution in [0.4, 0.5) is 0 Å². The highest BCUT2D eigenvalue weighted by molar-refractivity contribution is 7.10. The van der Waals surface area contributed by atoms with Crippen LogP contribution in [0.2, 0.25) is 0 Å². The van der Waals surface area contributed by atoms with E-state index in [1.165, 1.54) is 16.0 Å². The van der Waals surface area contributed by atoms with E-state index in [1.54, 1.807) is 11.3 Å². The quantitative estimate of drug-likeness (QED) is 0.848. The predicted molar refractivity (Wildman–Crippen MR) is 108 cm³/mol. The van der Waals surface area contributed by atoms with Crippen LogP contribution < -0.4 is 0 Å². The molecule has 2 aromatic heterocycles. The van der Waals surface area contributed by atoms with E-state index < -0.39 is 5.60 Å². The molecule has 1 unspecified atom stereocenters. The Morgan fingerprint density at radius 2 is 2.21 bits per heavy atom. The van der Waals surface area contributed by atoms with Gasteiger partial charge in [0.1, 0.15) is 5.76 Å². The van der Waals surface area contributed by atoms with Gasteiger partial charge >= 0.3 is 0 Å². The number of carbonyl (C=O) groups excluding carboxylic acids is 1. The number of piperidine rings is 1. The summed E-state index contributed by atoms with van der Waals surface area (Å²) in [5.41, 5.74) is 3.45.